The smallest absolute Gasteiger partial charge is 0.319 e. The van der Waals surface area contributed by atoms with E-state index in [0.717, 1.165) is 43.6 Å². The zero-order chi connectivity index (χ0) is 23.9. The van der Waals surface area contributed by atoms with E-state index in [1.807, 2.05) is 4.40 Å². The van der Waals surface area contributed by atoms with E-state index in [0.29, 0.717) is 39.6 Å². The number of amides is 1. The Labute approximate surface area is 193 Å². The number of hydrogen-bond acceptors (Lipinski definition) is 4. The number of fused-ring (bicyclic) bond motifs is 1. The second-order valence-electron chi connectivity index (χ2n) is 8.56. The van der Waals surface area contributed by atoms with Crippen molar-refractivity contribution in [3.8, 4) is 11.1 Å². The van der Waals surface area contributed by atoms with Gasteiger partial charge in [-0.1, -0.05) is 37.1 Å². The number of carbonyl (C=O) groups excluding carboxylic acids is 1. The first-order valence-electron chi connectivity index (χ1n) is 11.1. The van der Waals surface area contributed by atoms with Gasteiger partial charge in [0.25, 0.3) is 11.7 Å². The first kappa shape index (κ1) is 22.1. The molecule has 0 saturated heterocycles. The summed E-state index contributed by atoms with van der Waals surface area (Å²) in [6.07, 6.45) is 3.38. The van der Waals surface area contributed by atoms with Crippen molar-refractivity contribution in [3.05, 3.63) is 77.4 Å². The topological polar surface area (TPSA) is 72.2 Å². The Kier molecular flexibility index (Phi) is 5.55. The minimum atomic E-state index is -4.40. The lowest BCUT2D eigenvalue weighted by Crippen LogP contribution is -2.15. The lowest BCUT2D eigenvalue weighted by Gasteiger charge is -2.13. The van der Waals surface area contributed by atoms with Gasteiger partial charge in [-0.05, 0) is 54.7 Å². The van der Waals surface area contributed by atoms with E-state index in [1.165, 1.54) is 18.3 Å². The quantitative estimate of drug-likeness (QED) is 0.400. The van der Waals surface area contributed by atoms with E-state index < -0.39 is 11.7 Å². The molecule has 34 heavy (non-hydrogen) atoms. The van der Waals surface area contributed by atoms with E-state index in [9.17, 15) is 18.0 Å². The molecule has 1 fully saturated rings. The average molecular weight is 465 g/mol. The highest BCUT2D eigenvalue weighted by atomic mass is 19.4. The Morgan fingerprint density at radius 1 is 1.06 bits per heavy atom. The molecule has 1 aliphatic carbocycles. The monoisotopic (exact) mass is 465 g/mol. The number of aromatic nitrogens is 4. The van der Waals surface area contributed by atoms with Crippen LogP contribution >= 0.6 is 0 Å². The van der Waals surface area contributed by atoms with Crippen molar-refractivity contribution < 1.29 is 18.0 Å². The average Bonchev–Trinajstić information content (AvgIpc) is 3.48. The number of benzene rings is 2. The van der Waals surface area contributed by atoms with Crippen LogP contribution in [0.5, 0.6) is 0 Å². The predicted octanol–water partition coefficient (Wildman–Crippen LogP) is 6.03. The molecule has 0 atom stereocenters. The van der Waals surface area contributed by atoms with Crippen LogP contribution in [0, 0.1) is 6.92 Å². The summed E-state index contributed by atoms with van der Waals surface area (Å²) < 4.78 is 40.5. The third-order valence-corrected chi connectivity index (χ3v) is 6.37. The number of alkyl halides is 3. The molecular weight excluding hydrogens is 443 g/mol. The number of nitrogens with one attached hydrogen (secondary N) is 1. The van der Waals surface area contributed by atoms with E-state index in [4.69, 9.17) is 0 Å². The number of anilines is 1. The van der Waals surface area contributed by atoms with E-state index in [-0.39, 0.29) is 5.91 Å². The fourth-order valence-electron chi connectivity index (χ4n) is 4.56. The minimum Gasteiger partial charge on any atom is -0.319 e. The minimum absolute atomic E-state index is 0.331. The molecule has 2 aromatic heterocycles. The second kappa shape index (κ2) is 8.55. The standard InChI is InChI=1S/C25H22F3N5O/c1-15-20(16-9-11-18(12-10-16)25(26,27)28)7-4-8-21(15)23(34)30-19-13-29-24-32-31-22(33(24)14-19)17-5-2-3-6-17/h4,7-14,17H,2-3,5-6H2,1H3,(H,30,34). The van der Waals surface area contributed by atoms with Crippen LogP contribution in [-0.2, 0) is 6.18 Å². The third-order valence-electron chi connectivity index (χ3n) is 6.37. The highest BCUT2D eigenvalue weighted by Crippen LogP contribution is 2.34. The van der Waals surface area contributed by atoms with Crippen LogP contribution in [0.15, 0.2) is 54.9 Å². The highest BCUT2D eigenvalue weighted by Gasteiger charge is 2.30. The number of halogens is 3. The fourth-order valence-corrected chi connectivity index (χ4v) is 4.56. The molecular formula is C25H22F3N5O. The van der Waals surface area contributed by atoms with Gasteiger partial charge in [-0.2, -0.15) is 13.2 Å². The van der Waals surface area contributed by atoms with Crippen LogP contribution in [0.1, 0.15) is 58.9 Å². The maximum Gasteiger partial charge on any atom is 0.416 e. The van der Waals surface area contributed by atoms with Gasteiger partial charge in [0, 0.05) is 17.7 Å². The summed E-state index contributed by atoms with van der Waals surface area (Å²) in [6.45, 7) is 1.78. The normalized spacial score (nSPS) is 14.6. The van der Waals surface area contributed by atoms with Gasteiger partial charge in [0.15, 0.2) is 0 Å². The summed E-state index contributed by atoms with van der Waals surface area (Å²) in [6, 6.07) is 10.1. The molecule has 9 heteroatoms. The molecule has 0 radical (unpaired) electrons. The van der Waals surface area contributed by atoms with Gasteiger partial charge in [-0.15, -0.1) is 10.2 Å². The van der Waals surface area contributed by atoms with E-state index >= 15 is 0 Å². The predicted molar refractivity (Wildman–Crippen MR) is 122 cm³/mol. The first-order valence-corrected chi connectivity index (χ1v) is 11.1. The summed E-state index contributed by atoms with van der Waals surface area (Å²) in [4.78, 5) is 17.4. The molecule has 1 N–H and O–H groups in total. The Morgan fingerprint density at radius 3 is 2.50 bits per heavy atom. The molecule has 0 spiro atoms. The summed E-state index contributed by atoms with van der Waals surface area (Å²) in [7, 11) is 0. The Bertz CT molecular complexity index is 1360. The lowest BCUT2D eigenvalue weighted by atomic mass is 9.95. The van der Waals surface area contributed by atoms with Crippen LogP contribution in [-0.4, -0.2) is 25.5 Å². The molecule has 0 unspecified atom stereocenters. The van der Waals surface area contributed by atoms with E-state index in [1.54, 1.807) is 31.3 Å². The Balaban J connectivity index is 1.41. The van der Waals surface area contributed by atoms with Crippen LogP contribution in [0.4, 0.5) is 18.9 Å². The molecule has 0 aliphatic heterocycles. The van der Waals surface area contributed by atoms with Crippen LogP contribution in [0.25, 0.3) is 16.9 Å². The molecule has 174 valence electrons. The van der Waals surface area contributed by atoms with Crippen molar-refractivity contribution in [2.75, 3.05) is 5.32 Å². The number of hydrogen-bond donors (Lipinski definition) is 1. The second-order valence-corrected chi connectivity index (χ2v) is 8.56. The van der Waals surface area contributed by atoms with E-state index in [2.05, 4.69) is 20.5 Å². The van der Waals surface area contributed by atoms with Crippen molar-refractivity contribution in [3.63, 3.8) is 0 Å². The largest absolute Gasteiger partial charge is 0.416 e. The van der Waals surface area contributed by atoms with Gasteiger partial charge in [0.2, 0.25) is 0 Å². The molecule has 4 aromatic rings. The van der Waals surface area contributed by atoms with Crippen LogP contribution < -0.4 is 5.32 Å². The molecule has 5 rings (SSSR count). The van der Waals surface area contributed by atoms with Gasteiger partial charge in [-0.3, -0.25) is 9.20 Å². The number of carbonyl (C=O) groups is 1. The van der Waals surface area contributed by atoms with Crippen molar-refractivity contribution in [2.24, 2.45) is 0 Å². The van der Waals surface area contributed by atoms with Crippen molar-refractivity contribution in [1.29, 1.82) is 0 Å². The lowest BCUT2D eigenvalue weighted by molar-refractivity contribution is -0.137. The van der Waals surface area contributed by atoms with Gasteiger partial charge in [0.1, 0.15) is 5.82 Å². The molecule has 6 nitrogen and oxygen atoms in total. The summed E-state index contributed by atoms with van der Waals surface area (Å²) in [5.74, 6) is 1.35. The maximum atomic E-state index is 13.1. The molecule has 1 saturated carbocycles. The first-order chi connectivity index (χ1) is 16.3. The molecule has 2 aromatic carbocycles. The van der Waals surface area contributed by atoms with Crippen LogP contribution in [0.3, 0.4) is 0 Å². The van der Waals surface area contributed by atoms with Gasteiger partial charge in [-0.25, -0.2) is 4.98 Å². The zero-order valence-corrected chi connectivity index (χ0v) is 18.4. The fraction of sp³-hybridized carbons (Fsp3) is 0.280. The Hall–Kier alpha value is -3.75. The summed E-state index contributed by atoms with van der Waals surface area (Å²) in [5.41, 5.74) is 2.20. The summed E-state index contributed by atoms with van der Waals surface area (Å²) in [5, 5.41) is 11.3. The Morgan fingerprint density at radius 2 is 1.79 bits per heavy atom. The van der Waals surface area contributed by atoms with Crippen molar-refractivity contribution in [2.45, 2.75) is 44.7 Å². The third kappa shape index (κ3) is 4.13. The highest BCUT2D eigenvalue weighted by molar-refractivity contribution is 6.06. The SMILES string of the molecule is Cc1c(C(=O)Nc2cnc3nnc(C4CCCC4)n3c2)cccc1-c1ccc(C(F)(F)F)cc1. The molecule has 0 bridgehead atoms. The van der Waals surface area contributed by atoms with Gasteiger partial charge < -0.3 is 5.32 Å². The van der Waals surface area contributed by atoms with Crippen molar-refractivity contribution in [1.82, 2.24) is 19.6 Å². The molecule has 1 aliphatic rings. The number of rotatable bonds is 4. The summed E-state index contributed by atoms with van der Waals surface area (Å²) >= 11 is 0. The maximum absolute atomic E-state index is 13.1. The van der Waals surface area contributed by atoms with Crippen LogP contribution in [0.2, 0.25) is 0 Å². The molecule has 2 heterocycles. The van der Waals surface area contributed by atoms with Gasteiger partial charge >= 0.3 is 6.18 Å². The zero-order valence-electron chi connectivity index (χ0n) is 18.4. The van der Waals surface area contributed by atoms with Gasteiger partial charge in [0.05, 0.1) is 17.4 Å². The number of nitrogens with zero attached hydrogens (tertiary/aromatic N) is 4. The molecule has 1 amide bonds. The van der Waals surface area contributed by atoms with Crippen molar-refractivity contribution >= 4 is 17.4 Å².